The van der Waals surface area contributed by atoms with Crippen molar-refractivity contribution in [1.82, 2.24) is 20.1 Å². The summed E-state index contributed by atoms with van der Waals surface area (Å²) in [4.78, 5) is 17.2. The van der Waals surface area contributed by atoms with E-state index >= 15 is 0 Å². The Morgan fingerprint density at radius 3 is 2.67 bits per heavy atom. The Kier molecular flexibility index (Phi) is 6.74. The van der Waals surface area contributed by atoms with Gasteiger partial charge >= 0.3 is 0 Å². The maximum atomic E-state index is 13.9. The molecule has 1 amide bonds. The average molecular weight is 416 g/mol. The van der Waals surface area contributed by atoms with Crippen molar-refractivity contribution < 1.29 is 18.6 Å². The van der Waals surface area contributed by atoms with Gasteiger partial charge < -0.3 is 9.64 Å². The molecule has 1 atom stereocenters. The third kappa shape index (κ3) is 5.05. The molecular formula is C22H29FN4O3. The van der Waals surface area contributed by atoms with Crippen LogP contribution in [0.2, 0.25) is 0 Å². The van der Waals surface area contributed by atoms with Gasteiger partial charge in [-0.3, -0.25) is 9.69 Å². The highest BCUT2D eigenvalue weighted by atomic mass is 19.1. The molecule has 0 saturated carbocycles. The Morgan fingerprint density at radius 2 is 2.00 bits per heavy atom. The first-order valence-electron chi connectivity index (χ1n) is 10.8. The van der Waals surface area contributed by atoms with Crippen molar-refractivity contribution in [3.05, 3.63) is 47.0 Å². The molecule has 2 fully saturated rings. The van der Waals surface area contributed by atoms with Crippen molar-refractivity contribution in [1.29, 1.82) is 0 Å². The van der Waals surface area contributed by atoms with Gasteiger partial charge in [0.25, 0.3) is 5.91 Å². The van der Waals surface area contributed by atoms with E-state index in [9.17, 15) is 9.18 Å². The molecule has 4 rings (SSSR count). The van der Waals surface area contributed by atoms with Gasteiger partial charge in [-0.2, -0.15) is 0 Å². The van der Waals surface area contributed by atoms with Crippen LogP contribution in [0.25, 0.3) is 0 Å². The van der Waals surface area contributed by atoms with Gasteiger partial charge in [0.2, 0.25) is 0 Å². The molecule has 2 saturated heterocycles. The van der Waals surface area contributed by atoms with Gasteiger partial charge in [0.1, 0.15) is 11.5 Å². The fourth-order valence-electron chi connectivity index (χ4n) is 4.36. The number of halogens is 1. The summed E-state index contributed by atoms with van der Waals surface area (Å²) in [6, 6.07) is 6.95. The standard InChI is InChI=1S/C22H29FN4O3/c1-16-21(25-30-24-16)22(28)27(15-19-6-4-12-29-19)13-17-8-10-26(11-9-17)14-18-5-2-3-7-20(18)23/h2-3,5,7,17,19H,4,6,8-15H2,1H3/t19-/m1/s1. The molecule has 162 valence electrons. The summed E-state index contributed by atoms with van der Waals surface area (Å²) in [6.07, 6.45) is 4.03. The van der Waals surface area contributed by atoms with Crippen molar-refractivity contribution in [3.63, 3.8) is 0 Å². The van der Waals surface area contributed by atoms with Crippen LogP contribution in [0.4, 0.5) is 4.39 Å². The van der Waals surface area contributed by atoms with Gasteiger partial charge in [0.05, 0.1) is 6.10 Å². The van der Waals surface area contributed by atoms with Gasteiger partial charge in [-0.25, -0.2) is 9.02 Å². The molecule has 0 N–H and O–H groups in total. The molecule has 8 heteroatoms. The minimum absolute atomic E-state index is 0.0789. The summed E-state index contributed by atoms with van der Waals surface area (Å²) in [5.41, 5.74) is 1.53. The molecule has 0 aliphatic carbocycles. The van der Waals surface area contributed by atoms with Crippen LogP contribution in [0.15, 0.2) is 28.9 Å². The number of piperidine rings is 1. The van der Waals surface area contributed by atoms with Gasteiger partial charge in [0, 0.05) is 31.8 Å². The van der Waals surface area contributed by atoms with Crippen LogP contribution in [0.1, 0.15) is 47.4 Å². The first-order valence-corrected chi connectivity index (χ1v) is 10.8. The monoisotopic (exact) mass is 416 g/mol. The number of aromatic nitrogens is 2. The molecule has 0 bridgehead atoms. The third-order valence-corrected chi connectivity index (χ3v) is 6.13. The van der Waals surface area contributed by atoms with Crippen molar-refractivity contribution in [2.24, 2.45) is 5.92 Å². The van der Waals surface area contributed by atoms with Crippen molar-refractivity contribution >= 4 is 5.91 Å². The first-order chi connectivity index (χ1) is 14.6. The lowest BCUT2D eigenvalue weighted by atomic mass is 9.95. The number of amides is 1. The summed E-state index contributed by atoms with van der Waals surface area (Å²) in [5, 5.41) is 7.56. The minimum Gasteiger partial charge on any atom is -0.376 e. The second-order valence-electron chi connectivity index (χ2n) is 8.35. The van der Waals surface area contributed by atoms with Crippen LogP contribution >= 0.6 is 0 Å². The van der Waals surface area contributed by atoms with E-state index in [4.69, 9.17) is 9.37 Å². The molecule has 3 heterocycles. The summed E-state index contributed by atoms with van der Waals surface area (Å²) >= 11 is 0. The number of hydrogen-bond donors (Lipinski definition) is 0. The SMILES string of the molecule is Cc1nonc1C(=O)N(CC1CCN(Cc2ccccc2F)CC1)C[C@H]1CCCO1. The highest BCUT2D eigenvalue weighted by Crippen LogP contribution is 2.23. The van der Waals surface area contributed by atoms with Crippen molar-refractivity contribution in [3.8, 4) is 0 Å². The summed E-state index contributed by atoms with van der Waals surface area (Å²) < 4.78 is 24.5. The molecule has 7 nitrogen and oxygen atoms in total. The number of hydrogen-bond acceptors (Lipinski definition) is 6. The molecule has 1 aromatic heterocycles. The van der Waals surface area contributed by atoms with Gasteiger partial charge in [-0.15, -0.1) is 0 Å². The number of carbonyl (C=O) groups is 1. The quantitative estimate of drug-likeness (QED) is 0.691. The van der Waals surface area contributed by atoms with Gasteiger partial charge in [0.15, 0.2) is 5.69 Å². The van der Waals surface area contributed by atoms with Crippen molar-refractivity contribution in [2.45, 2.75) is 45.3 Å². The molecular weight excluding hydrogens is 387 g/mol. The van der Waals surface area contributed by atoms with Crippen LogP contribution in [-0.4, -0.2) is 64.9 Å². The van der Waals surface area contributed by atoms with Crippen LogP contribution < -0.4 is 0 Å². The number of aryl methyl sites for hydroxylation is 1. The topological polar surface area (TPSA) is 71.7 Å². The zero-order valence-electron chi connectivity index (χ0n) is 17.4. The van der Waals surface area contributed by atoms with Crippen LogP contribution in [0, 0.1) is 18.7 Å². The normalized spacial score (nSPS) is 20.5. The van der Waals surface area contributed by atoms with Crippen LogP contribution in [-0.2, 0) is 11.3 Å². The minimum atomic E-state index is -0.149. The Morgan fingerprint density at radius 1 is 1.20 bits per heavy atom. The number of rotatable bonds is 7. The number of benzene rings is 1. The summed E-state index contributed by atoms with van der Waals surface area (Å²) in [7, 11) is 0. The number of carbonyl (C=O) groups excluding carboxylic acids is 1. The first kappa shape index (κ1) is 20.9. The fourth-order valence-corrected chi connectivity index (χ4v) is 4.36. The predicted molar refractivity (Wildman–Crippen MR) is 108 cm³/mol. The maximum Gasteiger partial charge on any atom is 0.278 e. The molecule has 2 aromatic rings. The lowest BCUT2D eigenvalue weighted by Crippen LogP contribution is -2.43. The van der Waals surface area contributed by atoms with E-state index in [1.165, 1.54) is 6.07 Å². The Hall–Kier alpha value is -2.32. The molecule has 0 radical (unpaired) electrons. The Labute approximate surface area is 176 Å². The Balaban J connectivity index is 1.35. The second kappa shape index (κ2) is 9.66. The fraction of sp³-hybridized carbons (Fsp3) is 0.591. The third-order valence-electron chi connectivity index (χ3n) is 6.13. The molecule has 2 aliphatic heterocycles. The van der Waals surface area contributed by atoms with E-state index in [-0.39, 0.29) is 23.5 Å². The van der Waals surface area contributed by atoms with Gasteiger partial charge in [-0.1, -0.05) is 23.4 Å². The molecule has 0 unspecified atom stereocenters. The number of ether oxygens (including phenoxy) is 1. The molecule has 1 aromatic carbocycles. The van der Waals surface area contributed by atoms with Crippen LogP contribution in [0.3, 0.4) is 0 Å². The van der Waals surface area contributed by atoms with E-state index in [1.807, 2.05) is 17.0 Å². The van der Waals surface area contributed by atoms with Crippen molar-refractivity contribution in [2.75, 3.05) is 32.8 Å². The average Bonchev–Trinajstić information content (AvgIpc) is 3.42. The van der Waals surface area contributed by atoms with Gasteiger partial charge in [-0.05, 0) is 62.8 Å². The Bertz CT molecular complexity index is 844. The van der Waals surface area contributed by atoms with E-state index in [0.29, 0.717) is 31.2 Å². The smallest absolute Gasteiger partial charge is 0.278 e. The maximum absolute atomic E-state index is 13.9. The number of nitrogens with zero attached hydrogens (tertiary/aromatic N) is 4. The second-order valence-corrected chi connectivity index (χ2v) is 8.35. The molecule has 2 aliphatic rings. The molecule has 30 heavy (non-hydrogen) atoms. The zero-order chi connectivity index (χ0) is 20.9. The zero-order valence-corrected chi connectivity index (χ0v) is 17.4. The van der Waals surface area contributed by atoms with E-state index in [2.05, 4.69) is 15.2 Å². The van der Waals surface area contributed by atoms with E-state index in [1.54, 1.807) is 13.0 Å². The van der Waals surface area contributed by atoms with Crippen LogP contribution in [0.5, 0.6) is 0 Å². The lowest BCUT2D eigenvalue weighted by molar-refractivity contribution is 0.0436. The largest absolute Gasteiger partial charge is 0.376 e. The number of likely N-dealkylation sites (tertiary alicyclic amines) is 1. The lowest BCUT2D eigenvalue weighted by Gasteiger charge is -2.35. The summed E-state index contributed by atoms with van der Waals surface area (Å²) in [5.74, 6) is 0.106. The van der Waals surface area contributed by atoms with E-state index < -0.39 is 0 Å². The summed E-state index contributed by atoms with van der Waals surface area (Å²) in [6.45, 7) is 6.14. The van der Waals surface area contributed by atoms with E-state index in [0.717, 1.165) is 50.9 Å². The molecule has 0 spiro atoms. The predicted octanol–water partition coefficient (Wildman–Crippen LogP) is 3.05. The highest BCUT2D eigenvalue weighted by molar-refractivity contribution is 5.93. The highest BCUT2D eigenvalue weighted by Gasteiger charge is 2.30.